The number of aromatic nitrogens is 1. The first-order chi connectivity index (χ1) is 24.7. The van der Waals surface area contributed by atoms with Crippen molar-refractivity contribution >= 4 is 51.2 Å². The molecular weight excluding hydrogens is 875 g/mol. The number of allylic oxidation sites excluding steroid dienone is 2. The molecule has 0 aliphatic carbocycles. The van der Waals surface area contributed by atoms with Crippen LogP contribution in [0.25, 0.3) is 42.6 Å². The van der Waals surface area contributed by atoms with Crippen LogP contribution in [-0.4, -0.2) is 23.9 Å². The molecule has 2 aromatic heterocycles. The summed E-state index contributed by atoms with van der Waals surface area (Å²) in [5.74, 6) is 0.712. The Balaban J connectivity index is 0.000000372. The van der Waals surface area contributed by atoms with Crippen molar-refractivity contribution in [3.63, 3.8) is 0 Å². The summed E-state index contributed by atoms with van der Waals surface area (Å²) in [6, 6.07) is 20.0. The minimum Gasteiger partial charge on any atom is -0.512 e. The SMILES string of the molecule is CCC(C)(CC)C(=O)/C=C(\O)C(C)(CC)CC.Cc1cc2[c-]c(-c3nccc4c(C)c(-c5ccc([Si](C)(C)C)cc5C)sc34)cc(C(C)C)c2cc1C.[Ir]. The van der Waals surface area contributed by atoms with Gasteiger partial charge in [-0.2, -0.15) is 0 Å². The maximum atomic E-state index is 12.2. The predicted octanol–water partition coefficient (Wildman–Crippen LogP) is 14.1. The number of hydrogen-bond donors (Lipinski definition) is 1. The van der Waals surface area contributed by atoms with E-state index in [1.165, 1.54) is 70.4 Å². The fourth-order valence-corrected chi connectivity index (χ4v) is 9.47. The van der Waals surface area contributed by atoms with E-state index in [2.05, 4.69) is 110 Å². The fraction of sp³-hybridized carbons (Fsp3) is 0.458. The van der Waals surface area contributed by atoms with Crippen LogP contribution in [-0.2, 0) is 24.9 Å². The van der Waals surface area contributed by atoms with E-state index in [4.69, 9.17) is 4.98 Å². The predicted molar refractivity (Wildman–Crippen MR) is 236 cm³/mol. The Kier molecular flexibility index (Phi) is 15.1. The number of rotatable bonds is 11. The van der Waals surface area contributed by atoms with Crippen molar-refractivity contribution < 1.29 is 30.0 Å². The second-order valence-electron chi connectivity index (χ2n) is 17.1. The molecule has 1 radical (unpaired) electrons. The van der Waals surface area contributed by atoms with Gasteiger partial charge in [0.2, 0.25) is 0 Å². The van der Waals surface area contributed by atoms with E-state index in [1.54, 1.807) is 0 Å². The van der Waals surface area contributed by atoms with Crippen LogP contribution in [0.3, 0.4) is 0 Å². The molecule has 3 nitrogen and oxygen atoms in total. The van der Waals surface area contributed by atoms with Crippen molar-refractivity contribution in [2.75, 3.05) is 0 Å². The summed E-state index contributed by atoms with van der Waals surface area (Å²) in [5.41, 5.74) is 9.61. The molecule has 293 valence electrons. The number of fused-ring (bicyclic) bond motifs is 2. The van der Waals surface area contributed by atoms with Gasteiger partial charge >= 0.3 is 0 Å². The van der Waals surface area contributed by atoms with Gasteiger partial charge in [-0.15, -0.1) is 40.5 Å². The van der Waals surface area contributed by atoms with Gasteiger partial charge in [0, 0.05) is 58.5 Å². The number of nitrogens with zero attached hydrogens (tertiary/aromatic N) is 1. The summed E-state index contributed by atoms with van der Waals surface area (Å²) in [5, 5.41) is 15.4. The summed E-state index contributed by atoms with van der Waals surface area (Å²) < 4.78 is 1.26. The average molecular weight is 939 g/mol. The molecule has 2 heterocycles. The van der Waals surface area contributed by atoms with Crippen molar-refractivity contribution in [1.82, 2.24) is 4.98 Å². The van der Waals surface area contributed by atoms with Gasteiger partial charge in [0.05, 0.1) is 8.07 Å². The smallest absolute Gasteiger partial charge is 0.164 e. The third kappa shape index (κ3) is 9.37. The third-order valence-electron chi connectivity index (χ3n) is 12.2. The number of benzene rings is 3. The number of aliphatic hydroxyl groups excluding tert-OH is 1. The quantitative estimate of drug-likeness (QED) is 0.0621. The molecule has 0 bridgehead atoms. The number of carbonyl (C=O) groups is 1. The molecule has 5 rings (SSSR count). The second kappa shape index (κ2) is 17.9. The molecule has 3 aromatic carbocycles. The number of ketones is 1. The van der Waals surface area contributed by atoms with Crippen LogP contribution in [0.15, 0.2) is 60.5 Å². The van der Waals surface area contributed by atoms with Crippen LogP contribution in [0, 0.1) is 44.6 Å². The normalized spacial score (nSPS) is 12.6. The number of pyridine rings is 1. The Bertz CT molecular complexity index is 2140. The van der Waals surface area contributed by atoms with Gasteiger partial charge in [-0.1, -0.05) is 127 Å². The molecule has 5 aromatic rings. The van der Waals surface area contributed by atoms with Gasteiger partial charge in [0.15, 0.2) is 5.78 Å². The zero-order valence-electron chi connectivity index (χ0n) is 35.6. The molecule has 0 aliphatic rings. The second-order valence-corrected chi connectivity index (χ2v) is 23.2. The van der Waals surface area contributed by atoms with Gasteiger partial charge in [-0.25, -0.2) is 0 Å². The molecule has 0 fully saturated rings. The Morgan fingerprint density at radius 1 is 0.852 bits per heavy atom. The summed E-state index contributed by atoms with van der Waals surface area (Å²) in [4.78, 5) is 18.5. The Labute approximate surface area is 345 Å². The Morgan fingerprint density at radius 2 is 1.44 bits per heavy atom. The molecule has 0 saturated heterocycles. The van der Waals surface area contributed by atoms with Gasteiger partial charge in [0.1, 0.15) is 5.76 Å². The van der Waals surface area contributed by atoms with Gasteiger partial charge < -0.3 is 5.11 Å². The van der Waals surface area contributed by atoms with Crippen molar-refractivity contribution in [2.45, 2.75) is 134 Å². The molecular formula is C48H64IrNO2SSi-. The third-order valence-corrected chi connectivity index (χ3v) is 15.6. The van der Waals surface area contributed by atoms with E-state index in [-0.39, 0.29) is 42.5 Å². The van der Waals surface area contributed by atoms with Gasteiger partial charge in [0.25, 0.3) is 0 Å². The van der Waals surface area contributed by atoms with Crippen LogP contribution in [0.4, 0.5) is 0 Å². The van der Waals surface area contributed by atoms with E-state index in [0.29, 0.717) is 5.92 Å². The van der Waals surface area contributed by atoms with Crippen LogP contribution in [0.1, 0.15) is 115 Å². The van der Waals surface area contributed by atoms with E-state index in [0.717, 1.165) is 36.9 Å². The molecule has 0 unspecified atom stereocenters. The van der Waals surface area contributed by atoms with Gasteiger partial charge in [-0.05, 0) is 87.4 Å². The zero-order valence-corrected chi connectivity index (χ0v) is 39.9. The number of thiophene rings is 1. The van der Waals surface area contributed by atoms with Crippen molar-refractivity contribution in [1.29, 1.82) is 0 Å². The maximum absolute atomic E-state index is 12.2. The van der Waals surface area contributed by atoms with E-state index in [9.17, 15) is 9.90 Å². The molecule has 0 atom stereocenters. The number of hydrogen-bond acceptors (Lipinski definition) is 4. The molecule has 0 aliphatic heterocycles. The standard InChI is InChI=1S/C33H36NSSi.C15H28O2.Ir/c1-19(2)29-18-25(17-24-14-20(3)21(4)16-30(24)29)31-33-28(12-13-34-31)23(6)32(35-33)27-11-10-26(15-22(27)5)36(7,8)9;1-7-14(5,8-2)12(16)11-13(17)15(6,9-3)10-4;/h10-16,18-19H,1-9H3;11,16H,7-10H2,1-6H3;/q-1;;/b;12-11-;. The van der Waals surface area contributed by atoms with Crippen molar-refractivity contribution in [3.8, 4) is 21.7 Å². The molecule has 6 heteroatoms. The first kappa shape index (κ1) is 45.5. The molecule has 0 saturated carbocycles. The number of carbonyl (C=O) groups excluding carboxylic acids is 1. The van der Waals surface area contributed by atoms with E-state index >= 15 is 0 Å². The monoisotopic (exact) mass is 939 g/mol. The largest absolute Gasteiger partial charge is 0.512 e. The van der Waals surface area contributed by atoms with Crippen LogP contribution >= 0.6 is 11.3 Å². The van der Waals surface area contributed by atoms with Crippen LogP contribution in [0.2, 0.25) is 19.6 Å². The fourth-order valence-electron chi connectivity index (χ4n) is 6.84. The van der Waals surface area contributed by atoms with Crippen molar-refractivity contribution in [2.24, 2.45) is 10.8 Å². The first-order valence-electron chi connectivity index (χ1n) is 19.7. The minimum atomic E-state index is -1.34. The summed E-state index contributed by atoms with van der Waals surface area (Å²) in [6.45, 7) is 32.8. The van der Waals surface area contributed by atoms with Crippen LogP contribution < -0.4 is 5.19 Å². The maximum Gasteiger partial charge on any atom is 0.164 e. The summed E-state index contributed by atoms with van der Waals surface area (Å²) in [6.07, 6.45) is 6.72. The number of aliphatic hydroxyl groups is 1. The Morgan fingerprint density at radius 3 is 1.98 bits per heavy atom. The summed E-state index contributed by atoms with van der Waals surface area (Å²) >= 11 is 1.88. The van der Waals surface area contributed by atoms with Gasteiger partial charge in [-0.3, -0.25) is 9.78 Å². The topological polar surface area (TPSA) is 50.2 Å². The first-order valence-corrected chi connectivity index (χ1v) is 24.0. The molecule has 0 amide bonds. The van der Waals surface area contributed by atoms with E-state index in [1.807, 2.05) is 59.1 Å². The summed E-state index contributed by atoms with van der Waals surface area (Å²) in [7, 11) is -1.34. The Hall–Kier alpha value is -2.89. The number of aryl methyl sites for hydroxylation is 4. The van der Waals surface area contributed by atoms with Crippen LogP contribution in [0.5, 0.6) is 0 Å². The molecule has 54 heavy (non-hydrogen) atoms. The van der Waals surface area contributed by atoms with Crippen molar-refractivity contribution in [3.05, 3.63) is 94.4 Å². The average Bonchev–Trinajstić information content (AvgIpc) is 3.46. The molecule has 0 spiro atoms. The van der Waals surface area contributed by atoms with E-state index < -0.39 is 8.07 Å². The zero-order chi connectivity index (χ0) is 39.6. The molecule has 1 N–H and O–H groups in total. The minimum absolute atomic E-state index is 0.